The second-order valence-electron chi connectivity index (χ2n) is 5.72. The zero-order chi connectivity index (χ0) is 14.2. The molecule has 5 heteroatoms. The minimum atomic E-state index is -0.949. The first-order valence-electron chi connectivity index (χ1n) is 6.91. The van der Waals surface area contributed by atoms with Crippen molar-refractivity contribution >= 4 is 5.97 Å². The molecule has 2 rings (SSSR count). The van der Waals surface area contributed by atoms with Crippen LogP contribution in [0.1, 0.15) is 43.6 Å². The lowest BCUT2D eigenvalue weighted by molar-refractivity contribution is -0.145. The number of carboxylic acid groups (broad SMARTS) is 1. The molecule has 2 N–H and O–H groups in total. The Labute approximate surface area is 114 Å². The highest BCUT2D eigenvalue weighted by Crippen LogP contribution is 2.24. The second kappa shape index (κ2) is 4.96. The van der Waals surface area contributed by atoms with Gasteiger partial charge in [0.2, 0.25) is 0 Å². The predicted molar refractivity (Wildman–Crippen MR) is 73.3 cm³/mol. The maximum absolute atomic E-state index is 11.6. The van der Waals surface area contributed by atoms with Crippen molar-refractivity contribution in [2.45, 2.75) is 65.1 Å². The minimum absolute atomic E-state index is 0.351. The Hall–Kier alpha value is -1.36. The molecule has 1 aliphatic carbocycles. The molecule has 1 aliphatic rings. The first-order chi connectivity index (χ1) is 8.87. The van der Waals surface area contributed by atoms with Crippen molar-refractivity contribution in [3.63, 3.8) is 0 Å². The van der Waals surface area contributed by atoms with Gasteiger partial charge in [-0.3, -0.25) is 14.8 Å². The van der Waals surface area contributed by atoms with Gasteiger partial charge in [-0.05, 0) is 45.6 Å². The van der Waals surface area contributed by atoms with E-state index in [0.717, 1.165) is 30.7 Å². The van der Waals surface area contributed by atoms with Crippen molar-refractivity contribution in [2.75, 3.05) is 0 Å². The summed E-state index contributed by atoms with van der Waals surface area (Å²) < 4.78 is 1.83. The largest absolute Gasteiger partial charge is 0.480 e. The lowest BCUT2D eigenvalue weighted by Crippen LogP contribution is -2.53. The number of nitrogens with zero attached hydrogens (tertiary/aromatic N) is 2. The van der Waals surface area contributed by atoms with Crippen molar-refractivity contribution in [1.82, 2.24) is 15.1 Å². The topological polar surface area (TPSA) is 67.2 Å². The zero-order valence-electron chi connectivity index (χ0n) is 12.2. The molecule has 0 spiro atoms. The number of nitrogens with one attached hydrogen (secondary N) is 1. The Morgan fingerprint density at radius 2 is 2.16 bits per heavy atom. The molecular weight excluding hydrogens is 242 g/mol. The second-order valence-corrected chi connectivity index (χ2v) is 5.72. The lowest BCUT2D eigenvalue weighted by atomic mass is 10.0. The average molecular weight is 265 g/mol. The van der Waals surface area contributed by atoms with Crippen LogP contribution in [-0.2, 0) is 17.8 Å². The first-order valence-corrected chi connectivity index (χ1v) is 6.91. The Morgan fingerprint density at radius 3 is 2.58 bits per heavy atom. The minimum Gasteiger partial charge on any atom is -0.480 e. The molecule has 106 valence electrons. The molecule has 1 aromatic rings. The average Bonchev–Trinajstić information content (AvgIpc) is 3.07. The predicted octanol–water partition coefficient (Wildman–Crippen LogP) is 1.66. The normalized spacial score (nSPS) is 18.3. The van der Waals surface area contributed by atoms with Crippen LogP contribution in [-0.4, -0.2) is 32.4 Å². The summed E-state index contributed by atoms with van der Waals surface area (Å²) in [5.41, 5.74) is 2.35. The zero-order valence-corrected chi connectivity index (χ0v) is 12.2. The summed E-state index contributed by atoms with van der Waals surface area (Å²) in [4.78, 5) is 11.6. The fourth-order valence-corrected chi connectivity index (χ4v) is 2.55. The van der Waals surface area contributed by atoms with Crippen LogP contribution < -0.4 is 5.32 Å². The third-order valence-electron chi connectivity index (χ3n) is 3.92. The summed E-state index contributed by atoms with van der Waals surface area (Å²) >= 11 is 0. The smallest absolute Gasteiger partial charge is 0.325 e. The van der Waals surface area contributed by atoms with E-state index in [9.17, 15) is 9.90 Å². The van der Waals surface area contributed by atoms with Gasteiger partial charge in [0.05, 0.1) is 12.2 Å². The van der Waals surface area contributed by atoms with E-state index in [1.807, 2.05) is 18.5 Å². The maximum atomic E-state index is 11.6. The summed E-state index contributed by atoms with van der Waals surface area (Å²) in [5.74, 6) is -0.815. The lowest BCUT2D eigenvalue weighted by Gasteiger charge is -2.27. The molecule has 5 nitrogen and oxygen atoms in total. The SMILES string of the molecule is CCc1c(C)nn(CC(C)(NC2CC2)C(=O)O)c1C. The molecule has 19 heavy (non-hydrogen) atoms. The standard InChI is InChI=1S/C14H23N3O2/c1-5-12-9(2)16-17(10(12)3)8-14(4,13(18)19)15-11-6-7-11/h11,15H,5-8H2,1-4H3,(H,18,19). The van der Waals surface area contributed by atoms with Crippen LogP contribution >= 0.6 is 0 Å². The van der Waals surface area contributed by atoms with E-state index in [4.69, 9.17) is 0 Å². The van der Waals surface area contributed by atoms with Gasteiger partial charge >= 0.3 is 5.97 Å². The molecule has 1 aromatic heterocycles. The highest BCUT2D eigenvalue weighted by Gasteiger charge is 2.39. The molecule has 1 fully saturated rings. The Kier molecular flexibility index (Phi) is 3.67. The van der Waals surface area contributed by atoms with Crippen LogP contribution in [0.15, 0.2) is 0 Å². The fourth-order valence-electron chi connectivity index (χ4n) is 2.55. The monoisotopic (exact) mass is 265 g/mol. The molecule has 0 saturated heterocycles. The van der Waals surface area contributed by atoms with E-state index in [1.54, 1.807) is 6.92 Å². The van der Waals surface area contributed by atoms with Gasteiger partial charge in [0, 0.05) is 11.7 Å². The van der Waals surface area contributed by atoms with Gasteiger partial charge < -0.3 is 5.11 Å². The molecule has 1 unspecified atom stereocenters. The van der Waals surface area contributed by atoms with Crippen LogP contribution in [0, 0.1) is 13.8 Å². The fraction of sp³-hybridized carbons (Fsp3) is 0.714. The summed E-state index contributed by atoms with van der Waals surface area (Å²) in [6, 6.07) is 0.351. The Balaban J connectivity index is 2.23. The molecule has 1 atom stereocenters. The van der Waals surface area contributed by atoms with Crippen LogP contribution in [0.3, 0.4) is 0 Å². The van der Waals surface area contributed by atoms with E-state index in [2.05, 4.69) is 17.3 Å². The van der Waals surface area contributed by atoms with Crippen molar-refractivity contribution in [2.24, 2.45) is 0 Å². The highest BCUT2D eigenvalue weighted by molar-refractivity contribution is 5.78. The molecule has 0 radical (unpaired) electrons. The van der Waals surface area contributed by atoms with E-state index in [-0.39, 0.29) is 0 Å². The molecule has 1 saturated carbocycles. The summed E-state index contributed by atoms with van der Waals surface area (Å²) in [5, 5.41) is 17.2. The number of aromatic nitrogens is 2. The number of hydrogen-bond donors (Lipinski definition) is 2. The molecule has 0 aromatic carbocycles. The van der Waals surface area contributed by atoms with E-state index < -0.39 is 11.5 Å². The van der Waals surface area contributed by atoms with Crippen molar-refractivity contribution in [1.29, 1.82) is 0 Å². The number of hydrogen-bond acceptors (Lipinski definition) is 3. The van der Waals surface area contributed by atoms with Crippen LogP contribution in [0.2, 0.25) is 0 Å². The summed E-state index contributed by atoms with van der Waals surface area (Å²) in [6.07, 6.45) is 3.07. The van der Waals surface area contributed by atoms with Crippen molar-refractivity contribution < 1.29 is 9.90 Å². The van der Waals surface area contributed by atoms with Gasteiger partial charge in [-0.25, -0.2) is 0 Å². The summed E-state index contributed by atoms with van der Waals surface area (Å²) in [7, 11) is 0. The van der Waals surface area contributed by atoms with Crippen LogP contribution in [0.5, 0.6) is 0 Å². The van der Waals surface area contributed by atoms with Gasteiger partial charge in [-0.1, -0.05) is 6.92 Å². The summed E-state index contributed by atoms with van der Waals surface area (Å²) in [6.45, 7) is 8.20. The number of aliphatic carboxylic acids is 1. The maximum Gasteiger partial charge on any atom is 0.325 e. The number of carboxylic acids is 1. The molecule has 1 heterocycles. The highest BCUT2D eigenvalue weighted by atomic mass is 16.4. The van der Waals surface area contributed by atoms with E-state index >= 15 is 0 Å². The van der Waals surface area contributed by atoms with E-state index in [1.165, 1.54) is 5.56 Å². The Bertz CT molecular complexity index is 491. The van der Waals surface area contributed by atoms with Gasteiger partial charge in [0.15, 0.2) is 0 Å². The van der Waals surface area contributed by atoms with Gasteiger partial charge in [-0.2, -0.15) is 5.10 Å². The van der Waals surface area contributed by atoms with Crippen molar-refractivity contribution in [3.05, 3.63) is 17.0 Å². The van der Waals surface area contributed by atoms with E-state index in [0.29, 0.717) is 12.6 Å². The third-order valence-corrected chi connectivity index (χ3v) is 3.92. The first kappa shape index (κ1) is 14.1. The molecule has 0 amide bonds. The molecule has 0 aliphatic heterocycles. The molecule has 0 bridgehead atoms. The van der Waals surface area contributed by atoms with Crippen molar-refractivity contribution in [3.8, 4) is 0 Å². The Morgan fingerprint density at radius 1 is 1.53 bits per heavy atom. The molecular formula is C14H23N3O2. The number of carbonyl (C=O) groups is 1. The van der Waals surface area contributed by atoms with Gasteiger partial charge in [0.1, 0.15) is 5.54 Å². The van der Waals surface area contributed by atoms with Gasteiger partial charge in [-0.15, -0.1) is 0 Å². The quantitative estimate of drug-likeness (QED) is 0.821. The van der Waals surface area contributed by atoms with Crippen LogP contribution in [0.4, 0.5) is 0 Å². The van der Waals surface area contributed by atoms with Gasteiger partial charge in [0.25, 0.3) is 0 Å². The third kappa shape index (κ3) is 2.81. The number of rotatable bonds is 6. The number of aryl methyl sites for hydroxylation is 1. The van der Waals surface area contributed by atoms with Crippen LogP contribution in [0.25, 0.3) is 0 Å².